The number of nitrogens with one attached hydrogen (secondary N) is 2. The lowest BCUT2D eigenvalue weighted by Crippen LogP contribution is -2.27. The van der Waals surface area contributed by atoms with Gasteiger partial charge in [-0.05, 0) is 78.9 Å². The molecule has 0 radical (unpaired) electrons. The Kier molecular flexibility index (Phi) is 9.14. The molecule has 1 unspecified atom stereocenters. The van der Waals surface area contributed by atoms with Crippen LogP contribution in [-0.4, -0.2) is 39.0 Å². The monoisotopic (exact) mass is 595 g/mol. The molecule has 1 amide bonds. The molecule has 0 bridgehead atoms. The standard InChI is InChI=1S/C30H28F3N5O3S/c1-42(40,41)26-11-3-2-10-24(26)28(36-18-19-12-13-19)21-7-5-9-23(15-21)38-29(39)25(16-27(35)30(31,32)33)37-22-8-4-6-20(14-22)17-34/h2-11,14-16,19,28,36H,12-13,18,35H2,1H3,(H,38,39). The van der Waals surface area contributed by atoms with Gasteiger partial charge in [0.05, 0.1) is 28.3 Å². The number of benzene rings is 3. The fraction of sp³-hybridized carbons (Fsp3) is 0.233. The van der Waals surface area contributed by atoms with E-state index in [9.17, 15) is 26.4 Å². The zero-order valence-corrected chi connectivity index (χ0v) is 23.3. The van der Waals surface area contributed by atoms with Gasteiger partial charge in [0.15, 0.2) is 9.84 Å². The maximum absolute atomic E-state index is 13.2. The molecule has 218 valence electrons. The lowest BCUT2D eigenvalue weighted by Gasteiger charge is -2.23. The van der Waals surface area contributed by atoms with Crippen molar-refractivity contribution in [1.82, 2.24) is 5.32 Å². The summed E-state index contributed by atoms with van der Waals surface area (Å²) >= 11 is 0. The van der Waals surface area contributed by atoms with Crippen molar-refractivity contribution >= 4 is 32.8 Å². The predicted molar refractivity (Wildman–Crippen MR) is 154 cm³/mol. The van der Waals surface area contributed by atoms with E-state index in [0.717, 1.165) is 19.1 Å². The molecule has 0 spiro atoms. The molecule has 0 heterocycles. The molecule has 1 saturated carbocycles. The van der Waals surface area contributed by atoms with Crippen LogP contribution in [-0.2, 0) is 14.6 Å². The second-order valence-corrected chi connectivity index (χ2v) is 11.9. The Hall–Kier alpha value is -4.47. The Morgan fingerprint density at radius 2 is 1.83 bits per heavy atom. The fourth-order valence-corrected chi connectivity index (χ4v) is 5.16. The van der Waals surface area contributed by atoms with Crippen LogP contribution in [0.3, 0.4) is 0 Å². The summed E-state index contributed by atoms with van der Waals surface area (Å²) in [4.78, 5) is 17.4. The van der Waals surface area contributed by atoms with E-state index in [1.54, 1.807) is 42.5 Å². The largest absolute Gasteiger partial charge is 0.430 e. The highest BCUT2D eigenvalue weighted by atomic mass is 32.2. The Morgan fingerprint density at radius 3 is 2.50 bits per heavy atom. The van der Waals surface area contributed by atoms with E-state index < -0.39 is 39.4 Å². The third kappa shape index (κ3) is 8.05. The number of allylic oxidation sites excluding steroid dienone is 1. The highest BCUT2D eigenvalue weighted by Gasteiger charge is 2.32. The lowest BCUT2D eigenvalue weighted by molar-refractivity contribution is -0.110. The summed E-state index contributed by atoms with van der Waals surface area (Å²) in [6, 6.07) is 20.3. The third-order valence-corrected chi connectivity index (χ3v) is 7.66. The topological polar surface area (TPSA) is 137 Å². The molecule has 4 rings (SSSR count). The number of nitriles is 1. The van der Waals surface area contributed by atoms with Crippen molar-refractivity contribution in [1.29, 1.82) is 5.26 Å². The van der Waals surface area contributed by atoms with Gasteiger partial charge in [0.25, 0.3) is 5.91 Å². The molecule has 42 heavy (non-hydrogen) atoms. The summed E-state index contributed by atoms with van der Waals surface area (Å²) in [6.45, 7) is 0.652. The van der Waals surface area contributed by atoms with Crippen LogP contribution in [0.5, 0.6) is 0 Å². The van der Waals surface area contributed by atoms with Gasteiger partial charge in [-0.1, -0.05) is 36.4 Å². The summed E-state index contributed by atoms with van der Waals surface area (Å²) in [5.41, 5.74) is 4.74. The second-order valence-electron chi connectivity index (χ2n) is 9.93. The first-order valence-corrected chi connectivity index (χ1v) is 14.8. The van der Waals surface area contributed by atoms with Crippen molar-refractivity contribution < 1.29 is 26.4 Å². The van der Waals surface area contributed by atoms with E-state index in [1.165, 1.54) is 30.3 Å². The number of hydrogen-bond acceptors (Lipinski definition) is 7. The number of halogens is 3. The quantitative estimate of drug-likeness (QED) is 0.277. The van der Waals surface area contributed by atoms with Crippen LogP contribution < -0.4 is 16.4 Å². The number of aliphatic imine (C=N–C) groups is 1. The minimum atomic E-state index is -4.90. The summed E-state index contributed by atoms with van der Waals surface area (Å²) in [5, 5.41) is 15.1. The Labute approximate surface area is 241 Å². The van der Waals surface area contributed by atoms with Gasteiger partial charge in [0, 0.05) is 11.9 Å². The summed E-state index contributed by atoms with van der Waals surface area (Å²) in [7, 11) is -3.56. The van der Waals surface area contributed by atoms with Gasteiger partial charge in [-0.3, -0.25) is 4.79 Å². The third-order valence-electron chi connectivity index (χ3n) is 6.49. The molecular formula is C30H28F3N5O3S. The summed E-state index contributed by atoms with van der Waals surface area (Å²) < 4.78 is 64.8. The van der Waals surface area contributed by atoms with E-state index in [4.69, 9.17) is 11.0 Å². The van der Waals surface area contributed by atoms with Gasteiger partial charge < -0.3 is 16.4 Å². The molecule has 12 heteroatoms. The minimum Gasteiger partial charge on any atom is -0.395 e. The van der Waals surface area contributed by atoms with Gasteiger partial charge >= 0.3 is 6.18 Å². The van der Waals surface area contributed by atoms with Crippen LogP contribution in [0.2, 0.25) is 0 Å². The van der Waals surface area contributed by atoms with E-state index in [-0.39, 0.29) is 21.8 Å². The average molecular weight is 596 g/mol. The fourth-order valence-electron chi connectivity index (χ4n) is 4.22. The van der Waals surface area contributed by atoms with Crippen LogP contribution in [0.25, 0.3) is 0 Å². The number of sulfone groups is 1. The SMILES string of the molecule is CS(=O)(=O)c1ccccc1C(NCC1CC1)c1cccc(NC(=O)C(C=C(N)C(F)(F)F)=Nc2cccc(C#N)c2)c1. The minimum absolute atomic E-state index is 0.0842. The van der Waals surface area contributed by atoms with Crippen LogP contribution >= 0.6 is 0 Å². The maximum atomic E-state index is 13.2. The van der Waals surface area contributed by atoms with Gasteiger partial charge in [-0.25, -0.2) is 13.4 Å². The molecule has 8 nitrogen and oxygen atoms in total. The number of anilines is 1. The number of carbonyl (C=O) groups excluding carboxylic acids is 1. The van der Waals surface area contributed by atoms with Gasteiger partial charge in [-0.15, -0.1) is 0 Å². The van der Waals surface area contributed by atoms with Crippen molar-refractivity contribution in [3.05, 3.63) is 101 Å². The van der Waals surface area contributed by atoms with Gasteiger partial charge in [0.2, 0.25) is 0 Å². The molecule has 4 N–H and O–H groups in total. The number of alkyl halides is 3. The highest BCUT2D eigenvalue weighted by Crippen LogP contribution is 2.33. The van der Waals surface area contributed by atoms with Crippen LogP contribution in [0.1, 0.15) is 35.6 Å². The molecule has 0 saturated heterocycles. The first kappa shape index (κ1) is 30.5. The number of nitrogens with two attached hydrogens (primary N) is 1. The second kappa shape index (κ2) is 12.6. The van der Waals surface area contributed by atoms with E-state index in [2.05, 4.69) is 15.6 Å². The van der Waals surface area contributed by atoms with Crippen molar-refractivity contribution in [2.24, 2.45) is 16.6 Å². The first-order valence-electron chi connectivity index (χ1n) is 12.9. The summed E-state index contributed by atoms with van der Waals surface area (Å²) in [5.74, 6) is -0.495. The predicted octanol–water partition coefficient (Wildman–Crippen LogP) is 5.17. The van der Waals surface area contributed by atoms with Crippen LogP contribution in [0, 0.1) is 17.2 Å². The number of hydrogen-bond donors (Lipinski definition) is 3. The number of amides is 1. The number of carbonyl (C=O) groups is 1. The van der Waals surface area contributed by atoms with Gasteiger partial charge in [0.1, 0.15) is 11.4 Å². The van der Waals surface area contributed by atoms with E-state index in [0.29, 0.717) is 29.7 Å². The molecule has 0 aromatic heterocycles. The lowest BCUT2D eigenvalue weighted by atomic mass is 9.97. The maximum Gasteiger partial charge on any atom is 0.430 e. The number of rotatable bonds is 10. The molecule has 1 fully saturated rings. The zero-order valence-electron chi connectivity index (χ0n) is 22.5. The Bertz CT molecular complexity index is 1690. The van der Waals surface area contributed by atoms with Crippen molar-refractivity contribution in [2.75, 3.05) is 18.1 Å². The van der Waals surface area contributed by atoms with Crippen molar-refractivity contribution in [3.63, 3.8) is 0 Å². The Morgan fingerprint density at radius 1 is 1.12 bits per heavy atom. The van der Waals surface area contributed by atoms with Crippen molar-refractivity contribution in [3.8, 4) is 6.07 Å². The van der Waals surface area contributed by atoms with Gasteiger partial charge in [-0.2, -0.15) is 18.4 Å². The molecule has 1 aliphatic carbocycles. The number of nitrogens with zero attached hydrogens (tertiary/aromatic N) is 2. The van der Waals surface area contributed by atoms with Crippen LogP contribution in [0.15, 0.2) is 94.5 Å². The molecule has 3 aromatic rings. The highest BCUT2D eigenvalue weighted by molar-refractivity contribution is 7.90. The Balaban J connectivity index is 1.70. The molecule has 1 aliphatic rings. The van der Waals surface area contributed by atoms with E-state index >= 15 is 0 Å². The molecular weight excluding hydrogens is 567 g/mol. The normalized spacial score (nSPS) is 15.1. The molecule has 0 aliphatic heterocycles. The molecule has 3 aromatic carbocycles. The molecule has 1 atom stereocenters. The van der Waals surface area contributed by atoms with Crippen molar-refractivity contribution in [2.45, 2.75) is 30.0 Å². The van der Waals surface area contributed by atoms with Crippen LogP contribution in [0.4, 0.5) is 24.5 Å². The van der Waals surface area contributed by atoms with E-state index in [1.807, 2.05) is 6.07 Å². The smallest absolute Gasteiger partial charge is 0.395 e. The zero-order chi connectivity index (χ0) is 30.5. The first-order chi connectivity index (χ1) is 19.8. The average Bonchev–Trinajstić information content (AvgIpc) is 3.77. The summed E-state index contributed by atoms with van der Waals surface area (Å²) in [6.07, 6.45) is -1.20.